The third-order valence-electron chi connectivity index (χ3n) is 3.25. The van der Waals surface area contributed by atoms with Crippen LogP contribution in [0, 0.1) is 5.92 Å². The first kappa shape index (κ1) is 12.5. The molecule has 0 unspecified atom stereocenters. The lowest BCUT2D eigenvalue weighted by molar-refractivity contribution is -0.129. The molecule has 0 spiro atoms. The van der Waals surface area contributed by atoms with Crippen LogP contribution in [0.4, 0.5) is 0 Å². The molecule has 3 N–H and O–H groups in total. The zero-order chi connectivity index (χ0) is 11.4. The Balaban J connectivity index is 2.73. The molecule has 88 valence electrons. The molecule has 0 bridgehead atoms. The largest absolute Gasteiger partial charge is 0.293 e. The van der Waals surface area contributed by atoms with Crippen molar-refractivity contribution in [1.29, 1.82) is 0 Å². The van der Waals surface area contributed by atoms with E-state index in [-0.39, 0.29) is 11.9 Å². The molecule has 1 aliphatic rings. The van der Waals surface area contributed by atoms with Gasteiger partial charge >= 0.3 is 0 Å². The minimum atomic E-state index is -0.0784. The molecule has 1 heterocycles. The van der Waals surface area contributed by atoms with E-state index in [1.165, 1.54) is 19.3 Å². The quantitative estimate of drug-likeness (QED) is 0.415. The second kappa shape index (κ2) is 5.47. The summed E-state index contributed by atoms with van der Waals surface area (Å²) in [5, 5.41) is 0. The van der Waals surface area contributed by atoms with Crippen LogP contribution in [0.3, 0.4) is 0 Å². The average Bonchev–Trinajstić information content (AvgIpc) is 2.20. The van der Waals surface area contributed by atoms with Crippen molar-refractivity contribution in [2.24, 2.45) is 11.8 Å². The predicted molar refractivity (Wildman–Crippen MR) is 61.0 cm³/mol. The van der Waals surface area contributed by atoms with Gasteiger partial charge in [-0.3, -0.25) is 15.1 Å². The van der Waals surface area contributed by atoms with Gasteiger partial charge in [0.2, 0.25) is 0 Å². The number of nitrogens with zero attached hydrogens (tertiary/aromatic N) is 1. The third kappa shape index (κ3) is 2.92. The molecule has 0 aromatic heterocycles. The van der Waals surface area contributed by atoms with Gasteiger partial charge in [0.15, 0.2) is 0 Å². The Labute approximate surface area is 92.2 Å². The van der Waals surface area contributed by atoms with Gasteiger partial charge in [-0.2, -0.15) is 0 Å². The SMILES string of the molecule is CC(C)[C@@H](C(=O)NN)N1CCCC[C@H]1C. The first-order chi connectivity index (χ1) is 7.07. The van der Waals surface area contributed by atoms with E-state index < -0.39 is 0 Å². The van der Waals surface area contributed by atoms with E-state index in [0.29, 0.717) is 12.0 Å². The summed E-state index contributed by atoms with van der Waals surface area (Å²) in [6.45, 7) is 7.35. The molecule has 2 atom stereocenters. The van der Waals surface area contributed by atoms with Gasteiger partial charge in [-0.05, 0) is 32.2 Å². The number of hydrazine groups is 1. The molecule has 1 aliphatic heterocycles. The number of hydrogen-bond donors (Lipinski definition) is 2. The minimum Gasteiger partial charge on any atom is -0.293 e. The summed E-state index contributed by atoms with van der Waals surface area (Å²) < 4.78 is 0. The molecule has 15 heavy (non-hydrogen) atoms. The van der Waals surface area contributed by atoms with E-state index in [0.717, 1.165) is 6.54 Å². The van der Waals surface area contributed by atoms with Gasteiger partial charge < -0.3 is 0 Å². The van der Waals surface area contributed by atoms with Crippen LogP contribution in [0.1, 0.15) is 40.0 Å². The van der Waals surface area contributed by atoms with Gasteiger partial charge in [0, 0.05) is 6.04 Å². The second-order valence-corrected chi connectivity index (χ2v) is 4.78. The fourth-order valence-electron chi connectivity index (χ4n) is 2.46. The minimum absolute atomic E-state index is 0.0567. The molecule has 0 radical (unpaired) electrons. The molecule has 0 saturated carbocycles. The van der Waals surface area contributed by atoms with Crippen molar-refractivity contribution >= 4 is 5.91 Å². The number of hydrogen-bond acceptors (Lipinski definition) is 3. The van der Waals surface area contributed by atoms with Crippen LogP contribution in [-0.4, -0.2) is 29.4 Å². The Hall–Kier alpha value is -0.610. The topological polar surface area (TPSA) is 58.4 Å². The number of amides is 1. The number of carbonyl (C=O) groups is 1. The maximum absolute atomic E-state index is 11.7. The number of rotatable bonds is 3. The van der Waals surface area contributed by atoms with Crippen molar-refractivity contribution < 1.29 is 4.79 Å². The Morgan fingerprint density at radius 1 is 1.47 bits per heavy atom. The summed E-state index contributed by atoms with van der Waals surface area (Å²) in [5.41, 5.74) is 2.28. The fraction of sp³-hybridized carbons (Fsp3) is 0.909. The van der Waals surface area contributed by atoms with E-state index >= 15 is 0 Å². The summed E-state index contributed by atoms with van der Waals surface area (Å²) in [5.74, 6) is 5.48. The molecule has 0 aliphatic carbocycles. The highest BCUT2D eigenvalue weighted by molar-refractivity contribution is 5.81. The first-order valence-corrected chi connectivity index (χ1v) is 5.84. The standard InChI is InChI=1S/C11H23N3O/c1-8(2)10(11(15)13-12)14-7-5-4-6-9(14)3/h8-10H,4-7,12H2,1-3H3,(H,13,15)/t9-,10+/m1/s1. The summed E-state index contributed by atoms with van der Waals surface area (Å²) in [6.07, 6.45) is 3.64. The van der Waals surface area contributed by atoms with Crippen molar-refractivity contribution in [2.45, 2.75) is 52.1 Å². The number of nitrogens with one attached hydrogen (secondary N) is 1. The molecule has 1 saturated heterocycles. The normalized spacial score (nSPS) is 25.3. The zero-order valence-electron chi connectivity index (χ0n) is 9.99. The van der Waals surface area contributed by atoms with Crippen LogP contribution in [0.2, 0.25) is 0 Å². The van der Waals surface area contributed by atoms with Crippen molar-refractivity contribution in [3.8, 4) is 0 Å². The molecule has 0 aromatic carbocycles. The highest BCUT2D eigenvalue weighted by atomic mass is 16.2. The lowest BCUT2D eigenvalue weighted by Gasteiger charge is -2.40. The summed E-state index contributed by atoms with van der Waals surface area (Å²) in [6, 6.07) is 0.411. The van der Waals surface area contributed by atoms with Gasteiger partial charge in [-0.1, -0.05) is 20.3 Å². The Morgan fingerprint density at radius 3 is 2.60 bits per heavy atom. The zero-order valence-corrected chi connectivity index (χ0v) is 9.99. The van der Waals surface area contributed by atoms with E-state index in [1.807, 2.05) is 0 Å². The van der Waals surface area contributed by atoms with E-state index in [4.69, 9.17) is 5.84 Å². The van der Waals surface area contributed by atoms with Crippen molar-refractivity contribution in [2.75, 3.05) is 6.54 Å². The van der Waals surface area contributed by atoms with Crippen molar-refractivity contribution in [1.82, 2.24) is 10.3 Å². The number of likely N-dealkylation sites (tertiary alicyclic amines) is 1. The number of carbonyl (C=O) groups excluding carboxylic acids is 1. The lowest BCUT2D eigenvalue weighted by atomic mass is 9.95. The average molecular weight is 213 g/mol. The van der Waals surface area contributed by atoms with Crippen molar-refractivity contribution in [3.05, 3.63) is 0 Å². The molecule has 1 fully saturated rings. The Bertz CT molecular complexity index is 218. The van der Waals surface area contributed by atoms with Crippen LogP contribution in [0.15, 0.2) is 0 Å². The second-order valence-electron chi connectivity index (χ2n) is 4.78. The van der Waals surface area contributed by atoms with Gasteiger partial charge in [0.05, 0.1) is 6.04 Å². The Morgan fingerprint density at radius 2 is 2.13 bits per heavy atom. The van der Waals surface area contributed by atoms with Gasteiger partial charge in [0.25, 0.3) is 5.91 Å². The Kier molecular flexibility index (Phi) is 4.54. The van der Waals surface area contributed by atoms with Gasteiger partial charge in [-0.15, -0.1) is 0 Å². The highest BCUT2D eigenvalue weighted by Gasteiger charge is 2.32. The third-order valence-corrected chi connectivity index (χ3v) is 3.25. The van der Waals surface area contributed by atoms with Crippen LogP contribution < -0.4 is 11.3 Å². The van der Waals surface area contributed by atoms with Crippen LogP contribution in [0.5, 0.6) is 0 Å². The molecular formula is C11H23N3O. The fourth-order valence-corrected chi connectivity index (χ4v) is 2.46. The van der Waals surface area contributed by atoms with Crippen LogP contribution in [0.25, 0.3) is 0 Å². The van der Waals surface area contributed by atoms with Gasteiger partial charge in [-0.25, -0.2) is 5.84 Å². The van der Waals surface area contributed by atoms with E-state index in [9.17, 15) is 4.79 Å². The van der Waals surface area contributed by atoms with E-state index in [2.05, 4.69) is 31.1 Å². The summed E-state index contributed by atoms with van der Waals surface area (Å²) in [7, 11) is 0. The van der Waals surface area contributed by atoms with E-state index in [1.54, 1.807) is 0 Å². The lowest BCUT2D eigenvalue weighted by Crippen LogP contribution is -2.55. The molecular weight excluding hydrogens is 190 g/mol. The smallest absolute Gasteiger partial charge is 0.251 e. The first-order valence-electron chi connectivity index (χ1n) is 5.84. The van der Waals surface area contributed by atoms with Gasteiger partial charge in [0.1, 0.15) is 0 Å². The van der Waals surface area contributed by atoms with Crippen LogP contribution >= 0.6 is 0 Å². The molecule has 1 amide bonds. The highest BCUT2D eigenvalue weighted by Crippen LogP contribution is 2.22. The number of piperidine rings is 1. The molecule has 4 heteroatoms. The molecule has 4 nitrogen and oxygen atoms in total. The monoisotopic (exact) mass is 213 g/mol. The summed E-state index contributed by atoms with van der Waals surface area (Å²) in [4.78, 5) is 14.0. The molecule has 1 rings (SSSR count). The molecule has 0 aromatic rings. The maximum Gasteiger partial charge on any atom is 0.251 e. The number of nitrogens with two attached hydrogens (primary N) is 1. The summed E-state index contributed by atoms with van der Waals surface area (Å²) >= 11 is 0. The predicted octanol–water partition coefficient (Wildman–Crippen LogP) is 0.875. The van der Waals surface area contributed by atoms with Crippen LogP contribution in [-0.2, 0) is 4.79 Å². The maximum atomic E-state index is 11.7. The van der Waals surface area contributed by atoms with Crippen molar-refractivity contribution in [3.63, 3.8) is 0 Å².